The highest BCUT2D eigenvalue weighted by molar-refractivity contribution is 7.89. The fourth-order valence-electron chi connectivity index (χ4n) is 3.48. The zero-order valence-corrected chi connectivity index (χ0v) is 17.7. The molecule has 0 saturated carbocycles. The number of hydrogen-bond acceptors (Lipinski definition) is 4. The molecule has 0 unspecified atom stereocenters. The molecular formula is C20H29F3N2O4S. The molecule has 2 N–H and O–H groups in total. The molecule has 1 fully saturated rings. The van der Waals surface area contributed by atoms with Crippen LogP contribution in [0.2, 0.25) is 0 Å². The molecule has 0 spiro atoms. The number of unbranched alkanes of at least 4 members (excludes halogenated alkanes) is 4. The van der Waals surface area contributed by atoms with Crippen LogP contribution in [0.15, 0.2) is 23.1 Å². The Balaban J connectivity index is 1.92. The van der Waals surface area contributed by atoms with Crippen molar-refractivity contribution in [2.45, 2.75) is 68.9 Å². The molecule has 6 nitrogen and oxygen atoms in total. The van der Waals surface area contributed by atoms with E-state index in [2.05, 4.69) is 5.32 Å². The van der Waals surface area contributed by atoms with Gasteiger partial charge in [-0.2, -0.15) is 17.5 Å². The summed E-state index contributed by atoms with van der Waals surface area (Å²) in [7, 11) is -3.90. The molecule has 1 heterocycles. The maximum Gasteiger partial charge on any atom is 0.389 e. The Bertz CT molecular complexity index is 807. The highest BCUT2D eigenvalue weighted by atomic mass is 32.2. The van der Waals surface area contributed by atoms with Crippen LogP contribution in [0, 0.1) is 0 Å². The average molecular weight is 451 g/mol. The Morgan fingerprint density at radius 3 is 2.30 bits per heavy atom. The standard InChI is InChI=1S/C20H29F3N2O4S/c21-20(22,23)11-5-2-1-3-6-12-24-16-9-10-17(19(26)27)18(15-16)30(28,29)25-13-7-4-8-14-25/h9-10,15,24H,1-8,11-14H2,(H,26,27). The van der Waals surface area contributed by atoms with Crippen molar-refractivity contribution in [3.05, 3.63) is 23.8 Å². The van der Waals surface area contributed by atoms with E-state index in [-0.39, 0.29) is 16.9 Å². The summed E-state index contributed by atoms with van der Waals surface area (Å²) in [5, 5.41) is 12.5. The molecule has 170 valence electrons. The van der Waals surface area contributed by atoms with Gasteiger partial charge < -0.3 is 10.4 Å². The highest BCUT2D eigenvalue weighted by Crippen LogP contribution is 2.27. The van der Waals surface area contributed by atoms with Gasteiger partial charge in [-0.25, -0.2) is 13.2 Å². The molecular weight excluding hydrogens is 421 g/mol. The normalized spacial score (nSPS) is 15.8. The molecule has 0 aliphatic carbocycles. The Morgan fingerprint density at radius 2 is 1.67 bits per heavy atom. The SMILES string of the molecule is O=C(O)c1ccc(NCCCCCCCC(F)(F)F)cc1S(=O)(=O)N1CCCCC1. The monoisotopic (exact) mass is 450 g/mol. The molecule has 10 heteroatoms. The minimum atomic E-state index is -4.10. The minimum Gasteiger partial charge on any atom is -0.478 e. The molecule has 0 bridgehead atoms. The van der Waals surface area contributed by atoms with Gasteiger partial charge in [0, 0.05) is 31.7 Å². The van der Waals surface area contributed by atoms with Crippen molar-refractivity contribution in [3.63, 3.8) is 0 Å². The van der Waals surface area contributed by atoms with Gasteiger partial charge in [0.2, 0.25) is 10.0 Å². The smallest absolute Gasteiger partial charge is 0.389 e. The second kappa shape index (κ2) is 11.0. The van der Waals surface area contributed by atoms with E-state index in [0.717, 1.165) is 32.1 Å². The second-order valence-corrected chi connectivity index (χ2v) is 9.45. The summed E-state index contributed by atoms with van der Waals surface area (Å²) in [6.45, 7) is 1.29. The Morgan fingerprint density at radius 1 is 1.03 bits per heavy atom. The first-order valence-corrected chi connectivity index (χ1v) is 11.7. The molecule has 2 rings (SSSR count). The molecule has 0 aromatic heterocycles. The van der Waals surface area contributed by atoms with Crippen molar-refractivity contribution in [3.8, 4) is 0 Å². The fraction of sp³-hybridized carbons (Fsp3) is 0.650. The van der Waals surface area contributed by atoms with E-state index in [0.29, 0.717) is 38.2 Å². The summed E-state index contributed by atoms with van der Waals surface area (Å²) in [5.74, 6) is -1.30. The summed E-state index contributed by atoms with van der Waals surface area (Å²) < 4.78 is 63.6. The van der Waals surface area contributed by atoms with Gasteiger partial charge in [-0.05, 0) is 43.9 Å². The number of rotatable bonds is 11. The van der Waals surface area contributed by atoms with E-state index in [4.69, 9.17) is 0 Å². The number of halogens is 3. The van der Waals surface area contributed by atoms with Crippen molar-refractivity contribution in [1.82, 2.24) is 4.31 Å². The number of carboxylic acids is 1. The van der Waals surface area contributed by atoms with Gasteiger partial charge >= 0.3 is 12.1 Å². The van der Waals surface area contributed by atoms with E-state index >= 15 is 0 Å². The average Bonchev–Trinajstić information content (AvgIpc) is 2.69. The maximum atomic E-state index is 13.0. The second-order valence-electron chi connectivity index (χ2n) is 7.54. The van der Waals surface area contributed by atoms with Gasteiger partial charge in [-0.1, -0.05) is 25.7 Å². The molecule has 1 aromatic carbocycles. The van der Waals surface area contributed by atoms with Crippen LogP contribution in [-0.2, 0) is 10.0 Å². The number of carbonyl (C=O) groups is 1. The third-order valence-electron chi connectivity index (χ3n) is 5.11. The van der Waals surface area contributed by atoms with Crippen LogP contribution in [0.4, 0.5) is 18.9 Å². The molecule has 1 aliphatic heterocycles. The fourth-order valence-corrected chi connectivity index (χ4v) is 5.21. The lowest BCUT2D eigenvalue weighted by Crippen LogP contribution is -2.36. The van der Waals surface area contributed by atoms with Gasteiger partial charge in [-0.3, -0.25) is 0 Å². The molecule has 1 aromatic rings. The number of benzene rings is 1. The summed E-state index contributed by atoms with van der Waals surface area (Å²) in [5.41, 5.74) is 0.253. The third kappa shape index (κ3) is 7.46. The van der Waals surface area contributed by atoms with Crippen LogP contribution in [0.1, 0.15) is 68.1 Å². The predicted octanol–water partition coefficient (Wildman–Crippen LogP) is 4.87. The van der Waals surface area contributed by atoms with Crippen LogP contribution in [0.25, 0.3) is 0 Å². The molecule has 1 aliphatic rings. The summed E-state index contributed by atoms with van der Waals surface area (Å²) in [6, 6.07) is 4.18. The van der Waals surface area contributed by atoms with Crippen molar-refractivity contribution in [1.29, 1.82) is 0 Å². The first-order chi connectivity index (χ1) is 14.1. The third-order valence-corrected chi connectivity index (χ3v) is 7.05. The number of hydrogen-bond donors (Lipinski definition) is 2. The number of nitrogens with zero attached hydrogens (tertiary/aromatic N) is 1. The van der Waals surface area contributed by atoms with E-state index in [1.54, 1.807) is 0 Å². The zero-order chi connectivity index (χ0) is 22.2. The number of aromatic carboxylic acids is 1. The highest BCUT2D eigenvalue weighted by Gasteiger charge is 2.30. The number of piperidine rings is 1. The van der Waals surface area contributed by atoms with Gasteiger partial charge in [0.25, 0.3) is 0 Å². The van der Waals surface area contributed by atoms with Crippen LogP contribution >= 0.6 is 0 Å². The van der Waals surface area contributed by atoms with Crippen molar-refractivity contribution in [2.75, 3.05) is 25.0 Å². The molecule has 0 atom stereocenters. The van der Waals surface area contributed by atoms with Crippen LogP contribution < -0.4 is 5.32 Å². The van der Waals surface area contributed by atoms with Crippen molar-refractivity contribution < 1.29 is 31.5 Å². The van der Waals surface area contributed by atoms with Gasteiger partial charge in [-0.15, -0.1) is 0 Å². The maximum absolute atomic E-state index is 13.0. The number of sulfonamides is 1. The first kappa shape index (κ1) is 24.5. The van der Waals surface area contributed by atoms with E-state index in [1.807, 2.05) is 0 Å². The van der Waals surface area contributed by atoms with Gasteiger partial charge in [0.05, 0.1) is 10.5 Å². The quantitative estimate of drug-likeness (QED) is 0.470. The van der Waals surface area contributed by atoms with Crippen LogP contribution in [0.3, 0.4) is 0 Å². The van der Waals surface area contributed by atoms with E-state index < -0.39 is 28.6 Å². The van der Waals surface area contributed by atoms with Gasteiger partial charge in [0.1, 0.15) is 0 Å². The minimum absolute atomic E-state index is 0.130. The van der Waals surface area contributed by atoms with Crippen molar-refractivity contribution in [2.24, 2.45) is 0 Å². The topological polar surface area (TPSA) is 86.7 Å². The van der Waals surface area contributed by atoms with Crippen molar-refractivity contribution >= 4 is 21.7 Å². The molecule has 30 heavy (non-hydrogen) atoms. The Labute approximate surface area is 175 Å². The lowest BCUT2D eigenvalue weighted by atomic mass is 10.1. The largest absolute Gasteiger partial charge is 0.478 e. The predicted molar refractivity (Wildman–Crippen MR) is 108 cm³/mol. The lowest BCUT2D eigenvalue weighted by Gasteiger charge is -2.26. The zero-order valence-electron chi connectivity index (χ0n) is 16.9. The summed E-state index contributed by atoms with van der Waals surface area (Å²) in [4.78, 5) is 11.3. The summed E-state index contributed by atoms with van der Waals surface area (Å²) in [6.07, 6.45) is 0.435. The number of nitrogens with one attached hydrogen (secondary N) is 1. The molecule has 0 radical (unpaired) electrons. The van der Waals surface area contributed by atoms with E-state index in [9.17, 15) is 31.5 Å². The first-order valence-electron chi connectivity index (χ1n) is 10.3. The Kier molecular flexibility index (Phi) is 8.96. The van der Waals surface area contributed by atoms with Gasteiger partial charge in [0.15, 0.2) is 0 Å². The van der Waals surface area contributed by atoms with Crippen LogP contribution in [-0.4, -0.2) is 49.6 Å². The lowest BCUT2D eigenvalue weighted by molar-refractivity contribution is -0.135. The number of carboxylic acid groups (broad SMARTS) is 1. The Hall–Kier alpha value is -1.81. The number of alkyl halides is 3. The molecule has 1 saturated heterocycles. The molecule has 0 amide bonds. The van der Waals surface area contributed by atoms with E-state index in [1.165, 1.54) is 22.5 Å². The summed E-state index contributed by atoms with van der Waals surface area (Å²) >= 11 is 0. The number of anilines is 1. The van der Waals surface area contributed by atoms with Crippen LogP contribution in [0.5, 0.6) is 0 Å².